The lowest BCUT2D eigenvalue weighted by molar-refractivity contribution is 0.210. The van der Waals surface area contributed by atoms with E-state index < -0.39 is 0 Å². The molecule has 1 rings (SSSR count). The first-order chi connectivity index (χ1) is 7.76. The summed E-state index contributed by atoms with van der Waals surface area (Å²) in [6.45, 7) is 8.41. The third-order valence-corrected chi connectivity index (χ3v) is 3.95. The van der Waals surface area contributed by atoms with E-state index in [9.17, 15) is 0 Å². The van der Waals surface area contributed by atoms with Crippen molar-refractivity contribution in [2.75, 3.05) is 26.7 Å². The van der Waals surface area contributed by atoms with Crippen LogP contribution in [0.5, 0.6) is 0 Å². The first-order valence-electron chi connectivity index (χ1n) is 7.18. The summed E-state index contributed by atoms with van der Waals surface area (Å²) >= 11 is 0. The van der Waals surface area contributed by atoms with Gasteiger partial charge in [0.25, 0.3) is 0 Å². The second-order valence-corrected chi connectivity index (χ2v) is 5.38. The van der Waals surface area contributed by atoms with E-state index in [-0.39, 0.29) is 0 Å². The molecule has 1 aliphatic rings. The van der Waals surface area contributed by atoms with Gasteiger partial charge in [0.1, 0.15) is 0 Å². The standard InChI is InChI=1S/C14H30N2/c1-4-6-14(5-2)15-10-7-13-8-11-16(3)12-9-13/h13-15H,4-12H2,1-3H3. The summed E-state index contributed by atoms with van der Waals surface area (Å²) in [6, 6.07) is 0.760. The van der Waals surface area contributed by atoms with Crippen LogP contribution >= 0.6 is 0 Å². The van der Waals surface area contributed by atoms with Crippen molar-refractivity contribution in [2.24, 2.45) is 5.92 Å². The fraction of sp³-hybridized carbons (Fsp3) is 1.00. The molecule has 2 nitrogen and oxygen atoms in total. The lowest BCUT2D eigenvalue weighted by Crippen LogP contribution is -2.34. The van der Waals surface area contributed by atoms with Crippen molar-refractivity contribution in [2.45, 2.75) is 58.4 Å². The Kier molecular flexibility index (Phi) is 7.06. The summed E-state index contributed by atoms with van der Waals surface area (Å²) in [5.74, 6) is 0.975. The van der Waals surface area contributed by atoms with Gasteiger partial charge in [0.05, 0.1) is 0 Å². The van der Waals surface area contributed by atoms with Crippen LogP contribution in [0.25, 0.3) is 0 Å². The fourth-order valence-corrected chi connectivity index (χ4v) is 2.64. The predicted molar refractivity (Wildman–Crippen MR) is 71.8 cm³/mol. The maximum absolute atomic E-state index is 3.72. The minimum absolute atomic E-state index is 0.760. The molecule has 2 heteroatoms. The Morgan fingerprint density at radius 3 is 2.50 bits per heavy atom. The Morgan fingerprint density at radius 1 is 1.25 bits per heavy atom. The smallest absolute Gasteiger partial charge is 0.00643 e. The fourth-order valence-electron chi connectivity index (χ4n) is 2.64. The van der Waals surface area contributed by atoms with Crippen molar-refractivity contribution < 1.29 is 0 Å². The number of piperidine rings is 1. The molecule has 1 saturated heterocycles. The molecule has 0 amide bonds. The Hall–Kier alpha value is -0.0800. The van der Waals surface area contributed by atoms with Crippen molar-refractivity contribution in [3.63, 3.8) is 0 Å². The zero-order valence-corrected chi connectivity index (χ0v) is 11.5. The van der Waals surface area contributed by atoms with E-state index in [1.165, 1.54) is 58.2 Å². The van der Waals surface area contributed by atoms with Crippen molar-refractivity contribution in [1.29, 1.82) is 0 Å². The van der Waals surface area contributed by atoms with Gasteiger partial charge in [-0.15, -0.1) is 0 Å². The molecule has 0 aromatic heterocycles. The molecule has 0 aromatic carbocycles. The second kappa shape index (κ2) is 8.08. The van der Waals surface area contributed by atoms with E-state index in [1.807, 2.05) is 0 Å². The highest BCUT2D eigenvalue weighted by Crippen LogP contribution is 2.18. The van der Waals surface area contributed by atoms with Gasteiger partial charge in [0.2, 0.25) is 0 Å². The third-order valence-electron chi connectivity index (χ3n) is 3.95. The van der Waals surface area contributed by atoms with Gasteiger partial charge in [-0.2, -0.15) is 0 Å². The molecule has 0 bridgehead atoms. The Bertz CT molecular complexity index is 162. The molecule has 0 aromatic rings. The van der Waals surface area contributed by atoms with Crippen LogP contribution in [-0.2, 0) is 0 Å². The molecular weight excluding hydrogens is 196 g/mol. The number of nitrogens with zero attached hydrogens (tertiary/aromatic N) is 1. The van der Waals surface area contributed by atoms with Gasteiger partial charge in [-0.1, -0.05) is 20.3 Å². The highest BCUT2D eigenvalue weighted by Gasteiger charge is 2.16. The summed E-state index contributed by atoms with van der Waals surface area (Å²) in [6.07, 6.45) is 8.12. The molecule has 1 N–H and O–H groups in total. The maximum atomic E-state index is 3.72. The molecule has 16 heavy (non-hydrogen) atoms. The molecule has 1 aliphatic heterocycles. The van der Waals surface area contributed by atoms with Crippen LogP contribution in [0.3, 0.4) is 0 Å². The summed E-state index contributed by atoms with van der Waals surface area (Å²) in [5, 5.41) is 3.72. The molecule has 1 heterocycles. The van der Waals surface area contributed by atoms with Gasteiger partial charge in [-0.25, -0.2) is 0 Å². The zero-order chi connectivity index (χ0) is 11.8. The average Bonchev–Trinajstić information content (AvgIpc) is 2.30. The second-order valence-electron chi connectivity index (χ2n) is 5.38. The summed E-state index contributed by atoms with van der Waals surface area (Å²) < 4.78 is 0. The monoisotopic (exact) mass is 226 g/mol. The molecule has 1 atom stereocenters. The first-order valence-corrected chi connectivity index (χ1v) is 7.18. The van der Waals surface area contributed by atoms with E-state index in [2.05, 4.69) is 31.1 Å². The largest absolute Gasteiger partial charge is 0.314 e. The minimum atomic E-state index is 0.760. The Morgan fingerprint density at radius 2 is 1.94 bits per heavy atom. The van der Waals surface area contributed by atoms with E-state index >= 15 is 0 Å². The van der Waals surface area contributed by atoms with E-state index in [0.29, 0.717) is 0 Å². The van der Waals surface area contributed by atoms with Crippen LogP contribution < -0.4 is 5.32 Å². The summed E-state index contributed by atoms with van der Waals surface area (Å²) in [7, 11) is 2.24. The molecule has 0 aliphatic carbocycles. The topological polar surface area (TPSA) is 15.3 Å². The Labute approximate surface area is 102 Å². The van der Waals surface area contributed by atoms with Crippen molar-refractivity contribution in [1.82, 2.24) is 10.2 Å². The lowest BCUT2D eigenvalue weighted by atomic mass is 9.93. The van der Waals surface area contributed by atoms with Gasteiger partial charge in [-0.05, 0) is 64.7 Å². The molecular formula is C14H30N2. The van der Waals surface area contributed by atoms with Crippen molar-refractivity contribution >= 4 is 0 Å². The highest BCUT2D eigenvalue weighted by atomic mass is 15.1. The van der Waals surface area contributed by atoms with Crippen LogP contribution in [0.2, 0.25) is 0 Å². The van der Waals surface area contributed by atoms with Crippen LogP contribution in [0.15, 0.2) is 0 Å². The van der Waals surface area contributed by atoms with Crippen LogP contribution in [0.4, 0.5) is 0 Å². The van der Waals surface area contributed by atoms with Crippen LogP contribution in [0, 0.1) is 5.92 Å². The molecule has 0 saturated carbocycles. The van der Waals surface area contributed by atoms with E-state index in [4.69, 9.17) is 0 Å². The normalized spacial score (nSPS) is 21.2. The molecule has 0 spiro atoms. The minimum Gasteiger partial charge on any atom is -0.314 e. The van der Waals surface area contributed by atoms with Gasteiger partial charge in [-0.3, -0.25) is 0 Å². The summed E-state index contributed by atoms with van der Waals surface area (Å²) in [5.41, 5.74) is 0. The van der Waals surface area contributed by atoms with E-state index in [0.717, 1.165) is 12.0 Å². The van der Waals surface area contributed by atoms with Gasteiger partial charge < -0.3 is 10.2 Å². The third kappa shape index (κ3) is 5.31. The van der Waals surface area contributed by atoms with E-state index in [1.54, 1.807) is 0 Å². The molecule has 1 fully saturated rings. The zero-order valence-electron chi connectivity index (χ0n) is 11.5. The molecule has 0 radical (unpaired) electrons. The number of rotatable bonds is 7. The number of hydrogen-bond acceptors (Lipinski definition) is 2. The van der Waals surface area contributed by atoms with Gasteiger partial charge >= 0.3 is 0 Å². The summed E-state index contributed by atoms with van der Waals surface area (Å²) in [4.78, 5) is 2.45. The molecule has 1 unspecified atom stereocenters. The predicted octanol–water partition coefficient (Wildman–Crippen LogP) is 2.89. The number of nitrogens with one attached hydrogen (secondary N) is 1. The van der Waals surface area contributed by atoms with Crippen molar-refractivity contribution in [3.05, 3.63) is 0 Å². The molecule has 96 valence electrons. The first kappa shape index (κ1) is 14.0. The van der Waals surface area contributed by atoms with Crippen LogP contribution in [0.1, 0.15) is 52.4 Å². The number of hydrogen-bond donors (Lipinski definition) is 1. The van der Waals surface area contributed by atoms with Crippen LogP contribution in [-0.4, -0.2) is 37.6 Å². The SMILES string of the molecule is CCCC(CC)NCCC1CCN(C)CC1. The van der Waals surface area contributed by atoms with Crippen molar-refractivity contribution in [3.8, 4) is 0 Å². The average molecular weight is 226 g/mol. The highest BCUT2D eigenvalue weighted by molar-refractivity contribution is 4.72. The lowest BCUT2D eigenvalue weighted by Gasteiger charge is -2.29. The Balaban J connectivity index is 2.05. The van der Waals surface area contributed by atoms with Gasteiger partial charge in [0.15, 0.2) is 0 Å². The maximum Gasteiger partial charge on any atom is 0.00643 e. The van der Waals surface area contributed by atoms with Gasteiger partial charge in [0, 0.05) is 6.04 Å². The quantitative estimate of drug-likeness (QED) is 0.718. The number of likely N-dealkylation sites (tertiary alicyclic amines) is 1.